The number of benzene rings is 1. The van der Waals surface area contributed by atoms with Crippen LogP contribution in [0.25, 0.3) is 5.57 Å². The van der Waals surface area contributed by atoms with E-state index in [4.69, 9.17) is 0 Å². The van der Waals surface area contributed by atoms with E-state index >= 15 is 0 Å². The molecular formula is C12H15Br. The second kappa shape index (κ2) is 4.61. The Kier molecular flexibility index (Phi) is 3.73. The highest BCUT2D eigenvalue weighted by Gasteiger charge is 1.99. The molecule has 70 valence electrons. The molecule has 0 radical (unpaired) electrons. The van der Waals surface area contributed by atoms with Crippen molar-refractivity contribution in [1.82, 2.24) is 0 Å². The van der Waals surface area contributed by atoms with Crippen LogP contribution in [0.2, 0.25) is 0 Å². The minimum Gasteiger partial charge on any atom is -0.0701 e. The van der Waals surface area contributed by atoms with Gasteiger partial charge >= 0.3 is 0 Å². The van der Waals surface area contributed by atoms with Crippen molar-refractivity contribution in [1.29, 1.82) is 0 Å². The Bertz CT molecular complexity index is 324. The van der Waals surface area contributed by atoms with Crippen molar-refractivity contribution in [2.24, 2.45) is 0 Å². The molecule has 1 rings (SSSR count). The lowest BCUT2D eigenvalue weighted by molar-refractivity contribution is 1.10. The van der Waals surface area contributed by atoms with Crippen molar-refractivity contribution in [2.75, 3.05) is 0 Å². The van der Waals surface area contributed by atoms with Crippen LogP contribution in [0.4, 0.5) is 0 Å². The fourth-order valence-corrected chi connectivity index (χ4v) is 1.63. The molecule has 0 aliphatic rings. The Morgan fingerprint density at radius 1 is 1.31 bits per heavy atom. The van der Waals surface area contributed by atoms with E-state index in [1.807, 2.05) is 0 Å². The molecule has 0 saturated carbocycles. The molecule has 13 heavy (non-hydrogen) atoms. The van der Waals surface area contributed by atoms with Crippen LogP contribution in [-0.2, 0) is 0 Å². The molecule has 0 aliphatic carbocycles. The molecule has 0 saturated heterocycles. The van der Waals surface area contributed by atoms with E-state index in [1.165, 1.54) is 16.7 Å². The fourth-order valence-electron chi connectivity index (χ4n) is 1.23. The van der Waals surface area contributed by atoms with E-state index < -0.39 is 0 Å². The standard InChI is InChI=1S/C12H15Br/c1-4-9(2)10(3)11-6-5-7-12(13)8-11/h5-8H,4H2,1-3H3. The molecule has 0 heterocycles. The van der Waals surface area contributed by atoms with Gasteiger partial charge in [0.05, 0.1) is 0 Å². The molecule has 0 aliphatic heterocycles. The van der Waals surface area contributed by atoms with Gasteiger partial charge in [0, 0.05) is 4.47 Å². The minimum atomic E-state index is 1.12. The Labute approximate surface area is 88.8 Å². The van der Waals surface area contributed by atoms with Gasteiger partial charge in [0.15, 0.2) is 0 Å². The van der Waals surface area contributed by atoms with Crippen LogP contribution in [0.15, 0.2) is 34.3 Å². The van der Waals surface area contributed by atoms with Gasteiger partial charge in [-0.15, -0.1) is 0 Å². The maximum Gasteiger partial charge on any atom is 0.0181 e. The second-order valence-corrected chi connectivity index (χ2v) is 4.18. The van der Waals surface area contributed by atoms with E-state index in [2.05, 4.69) is 61.0 Å². The number of rotatable bonds is 2. The summed E-state index contributed by atoms with van der Waals surface area (Å²) in [6.07, 6.45) is 1.12. The average Bonchev–Trinajstić information content (AvgIpc) is 2.15. The molecule has 1 aromatic rings. The van der Waals surface area contributed by atoms with Crippen LogP contribution in [0.5, 0.6) is 0 Å². The highest BCUT2D eigenvalue weighted by molar-refractivity contribution is 9.10. The number of hydrogen-bond donors (Lipinski definition) is 0. The summed E-state index contributed by atoms with van der Waals surface area (Å²) in [5.74, 6) is 0. The molecule has 0 nitrogen and oxygen atoms in total. The monoisotopic (exact) mass is 238 g/mol. The van der Waals surface area contributed by atoms with Crippen LogP contribution >= 0.6 is 15.9 Å². The lowest BCUT2D eigenvalue weighted by Gasteiger charge is -2.06. The van der Waals surface area contributed by atoms with E-state index in [0.29, 0.717) is 0 Å². The van der Waals surface area contributed by atoms with Gasteiger partial charge in [-0.05, 0) is 43.5 Å². The summed E-state index contributed by atoms with van der Waals surface area (Å²) in [6.45, 7) is 6.56. The molecule has 0 fully saturated rings. The van der Waals surface area contributed by atoms with E-state index in [1.54, 1.807) is 0 Å². The van der Waals surface area contributed by atoms with Gasteiger partial charge in [-0.1, -0.05) is 40.6 Å². The summed E-state index contributed by atoms with van der Waals surface area (Å²) in [5.41, 5.74) is 4.16. The third-order valence-corrected chi connectivity index (χ3v) is 2.92. The van der Waals surface area contributed by atoms with Crippen molar-refractivity contribution in [3.05, 3.63) is 39.9 Å². The molecule has 0 atom stereocenters. The third-order valence-electron chi connectivity index (χ3n) is 2.43. The summed E-state index contributed by atoms with van der Waals surface area (Å²) in [7, 11) is 0. The van der Waals surface area contributed by atoms with Gasteiger partial charge < -0.3 is 0 Å². The van der Waals surface area contributed by atoms with Gasteiger partial charge in [-0.3, -0.25) is 0 Å². The molecular weight excluding hydrogens is 224 g/mol. The quantitative estimate of drug-likeness (QED) is 0.704. The molecule has 0 aromatic heterocycles. The van der Waals surface area contributed by atoms with Crippen molar-refractivity contribution in [2.45, 2.75) is 27.2 Å². The predicted octanol–water partition coefficient (Wildman–Crippen LogP) is 4.65. The van der Waals surface area contributed by atoms with Crippen molar-refractivity contribution in [3.63, 3.8) is 0 Å². The van der Waals surface area contributed by atoms with Gasteiger partial charge in [-0.2, -0.15) is 0 Å². The number of hydrogen-bond acceptors (Lipinski definition) is 0. The van der Waals surface area contributed by atoms with Gasteiger partial charge in [0.1, 0.15) is 0 Å². The Hall–Kier alpha value is -0.560. The highest BCUT2D eigenvalue weighted by Crippen LogP contribution is 2.22. The van der Waals surface area contributed by atoms with Crippen LogP contribution < -0.4 is 0 Å². The van der Waals surface area contributed by atoms with Crippen LogP contribution in [0.1, 0.15) is 32.8 Å². The SMILES string of the molecule is CCC(C)=C(C)c1cccc(Br)c1. The van der Waals surface area contributed by atoms with Crippen molar-refractivity contribution in [3.8, 4) is 0 Å². The summed E-state index contributed by atoms with van der Waals surface area (Å²) in [5, 5.41) is 0. The largest absolute Gasteiger partial charge is 0.0701 e. The van der Waals surface area contributed by atoms with Crippen LogP contribution in [0, 0.1) is 0 Å². The molecule has 0 bridgehead atoms. The van der Waals surface area contributed by atoms with Gasteiger partial charge in [0.25, 0.3) is 0 Å². The smallest absolute Gasteiger partial charge is 0.0181 e. The first-order valence-electron chi connectivity index (χ1n) is 4.57. The highest BCUT2D eigenvalue weighted by atomic mass is 79.9. The molecule has 0 unspecified atom stereocenters. The zero-order chi connectivity index (χ0) is 9.84. The summed E-state index contributed by atoms with van der Waals surface area (Å²) in [4.78, 5) is 0. The Morgan fingerprint density at radius 3 is 2.54 bits per heavy atom. The maximum absolute atomic E-state index is 3.48. The lowest BCUT2D eigenvalue weighted by Crippen LogP contribution is -1.83. The summed E-state index contributed by atoms with van der Waals surface area (Å²) >= 11 is 3.48. The van der Waals surface area contributed by atoms with E-state index in [9.17, 15) is 0 Å². The molecule has 1 aromatic carbocycles. The minimum absolute atomic E-state index is 1.12. The first kappa shape index (κ1) is 10.5. The Balaban J connectivity index is 3.08. The van der Waals surface area contributed by atoms with Crippen LogP contribution in [-0.4, -0.2) is 0 Å². The van der Waals surface area contributed by atoms with Crippen LogP contribution in [0.3, 0.4) is 0 Å². The van der Waals surface area contributed by atoms with Gasteiger partial charge in [-0.25, -0.2) is 0 Å². The molecule has 1 heteroatoms. The normalized spacial score (nSPS) is 12.6. The molecule has 0 N–H and O–H groups in total. The van der Waals surface area contributed by atoms with Gasteiger partial charge in [0.2, 0.25) is 0 Å². The lowest BCUT2D eigenvalue weighted by atomic mass is 10.0. The van der Waals surface area contributed by atoms with E-state index in [0.717, 1.165) is 10.9 Å². The van der Waals surface area contributed by atoms with E-state index in [-0.39, 0.29) is 0 Å². The first-order valence-corrected chi connectivity index (χ1v) is 5.36. The first-order chi connectivity index (χ1) is 6.15. The zero-order valence-corrected chi connectivity index (χ0v) is 9.98. The topological polar surface area (TPSA) is 0 Å². The molecule has 0 spiro atoms. The second-order valence-electron chi connectivity index (χ2n) is 3.27. The average molecular weight is 239 g/mol. The number of halogens is 1. The van der Waals surface area contributed by atoms with Crippen molar-refractivity contribution >= 4 is 21.5 Å². The zero-order valence-electron chi connectivity index (χ0n) is 8.39. The maximum atomic E-state index is 3.48. The number of allylic oxidation sites excluding steroid dienone is 2. The summed E-state index contributed by atoms with van der Waals surface area (Å²) in [6, 6.07) is 8.44. The Morgan fingerprint density at radius 2 is 2.00 bits per heavy atom. The third kappa shape index (κ3) is 2.70. The predicted molar refractivity (Wildman–Crippen MR) is 62.7 cm³/mol. The summed E-state index contributed by atoms with van der Waals surface area (Å²) < 4.78 is 1.15. The van der Waals surface area contributed by atoms with Crippen molar-refractivity contribution < 1.29 is 0 Å². The fraction of sp³-hybridized carbons (Fsp3) is 0.333. The molecule has 0 amide bonds.